The molecule has 2 amide bonds. The SMILES string of the molecule is COc1cc2nccc(Sc3ncc(NC(=O)Nc4ccc(Cl)cc4)s3)c2cc1OC.COc1cc2nccc(Sc3nccs3)c2cc1OC. The minimum atomic E-state index is -0.353. The maximum atomic E-state index is 12.2. The maximum absolute atomic E-state index is 12.2. The number of nitrogens with one attached hydrogen (secondary N) is 2. The molecule has 0 saturated heterocycles. The smallest absolute Gasteiger partial charge is 0.324 e. The molecule has 4 heterocycles. The lowest BCUT2D eigenvalue weighted by Gasteiger charge is -2.10. The van der Waals surface area contributed by atoms with E-state index in [1.165, 1.54) is 23.1 Å². The first-order valence-corrected chi connectivity index (χ1v) is 18.6. The highest BCUT2D eigenvalue weighted by molar-refractivity contribution is 8.01. The minimum Gasteiger partial charge on any atom is -0.493 e. The molecule has 0 aliphatic carbocycles. The number of rotatable bonds is 10. The van der Waals surface area contributed by atoms with Crippen LogP contribution >= 0.6 is 57.8 Å². The number of urea groups is 1. The summed E-state index contributed by atoms with van der Waals surface area (Å²) in [6.07, 6.45) is 6.97. The van der Waals surface area contributed by atoms with Crippen LogP contribution in [-0.4, -0.2) is 54.4 Å². The van der Waals surface area contributed by atoms with Crippen LogP contribution in [0.1, 0.15) is 0 Å². The molecule has 0 aliphatic heterocycles. The Morgan fingerprint density at radius 2 is 1.22 bits per heavy atom. The maximum Gasteiger partial charge on any atom is 0.324 e. The van der Waals surface area contributed by atoms with Crippen molar-refractivity contribution in [1.82, 2.24) is 19.9 Å². The second-order valence-corrected chi connectivity index (χ2v) is 15.1. The Bertz CT molecular complexity index is 2270. The van der Waals surface area contributed by atoms with Crippen LogP contribution in [0.2, 0.25) is 5.02 Å². The Kier molecular flexibility index (Phi) is 12.0. The highest BCUT2D eigenvalue weighted by atomic mass is 35.5. The van der Waals surface area contributed by atoms with Crippen LogP contribution in [0, 0.1) is 0 Å². The molecule has 0 saturated carbocycles. The lowest BCUT2D eigenvalue weighted by Crippen LogP contribution is -2.18. The van der Waals surface area contributed by atoms with Gasteiger partial charge in [-0.05, 0) is 48.5 Å². The minimum absolute atomic E-state index is 0.353. The second-order valence-electron chi connectivity index (χ2n) is 10.1. The van der Waals surface area contributed by atoms with Gasteiger partial charge in [-0.15, -0.1) is 11.3 Å². The van der Waals surface area contributed by atoms with Crippen molar-refractivity contribution in [2.75, 3.05) is 39.1 Å². The molecule has 0 atom stereocenters. The van der Waals surface area contributed by atoms with E-state index in [1.54, 1.807) is 101 Å². The van der Waals surface area contributed by atoms with Gasteiger partial charge in [0.25, 0.3) is 0 Å². The van der Waals surface area contributed by atoms with E-state index in [9.17, 15) is 4.79 Å². The summed E-state index contributed by atoms with van der Waals surface area (Å²) >= 11 is 12.0. The van der Waals surface area contributed by atoms with Gasteiger partial charge in [0.05, 0.1) is 45.7 Å². The van der Waals surface area contributed by atoms with Gasteiger partial charge < -0.3 is 24.3 Å². The molecule has 7 aromatic rings. The first-order valence-electron chi connectivity index (χ1n) is 14.9. The molecule has 4 aromatic heterocycles. The van der Waals surface area contributed by atoms with E-state index >= 15 is 0 Å². The summed E-state index contributed by atoms with van der Waals surface area (Å²) in [5, 5.41) is 10.7. The number of aromatic nitrogens is 4. The van der Waals surface area contributed by atoms with E-state index in [2.05, 4.69) is 30.6 Å². The summed E-state index contributed by atoms with van der Waals surface area (Å²) in [5.41, 5.74) is 2.32. The third-order valence-corrected chi connectivity index (χ3v) is 11.3. The van der Waals surface area contributed by atoms with E-state index in [0.29, 0.717) is 38.7 Å². The van der Waals surface area contributed by atoms with E-state index in [1.807, 2.05) is 41.8 Å². The third-order valence-electron chi connectivity index (χ3n) is 7.04. The number of nitrogens with zero attached hydrogens (tertiary/aromatic N) is 4. The fourth-order valence-corrected chi connectivity index (χ4v) is 8.45. The molecule has 0 fully saturated rings. The standard InChI is InChI=1S/C21H17ClN4O3S2.C14H12N2O2S2/c1-28-16-9-14-15(10-17(16)29-2)23-8-7-18(14)30-21-24-11-19(31-21)26-20(27)25-13-5-3-12(22)4-6-13;1-17-11-7-9-10(8-12(11)18-2)15-4-3-13(9)20-14-16-5-6-19-14/h3-11H,1-2H3,(H2,25,26,27);3-8H,1-2H3. The zero-order valence-electron chi connectivity index (χ0n) is 27.5. The summed E-state index contributed by atoms with van der Waals surface area (Å²) in [6.45, 7) is 0. The van der Waals surface area contributed by atoms with Gasteiger partial charge in [-0.25, -0.2) is 14.8 Å². The number of fused-ring (bicyclic) bond motifs is 2. The number of hydrogen-bond acceptors (Lipinski definition) is 13. The van der Waals surface area contributed by atoms with Crippen molar-refractivity contribution in [2.45, 2.75) is 18.5 Å². The Hall–Kier alpha value is -4.80. The van der Waals surface area contributed by atoms with Gasteiger partial charge >= 0.3 is 6.03 Å². The molecule has 0 bridgehead atoms. The average Bonchev–Trinajstić information content (AvgIpc) is 3.84. The number of amides is 2. The van der Waals surface area contributed by atoms with E-state index < -0.39 is 0 Å². The number of hydrogen-bond donors (Lipinski definition) is 2. The quantitative estimate of drug-likeness (QED) is 0.138. The van der Waals surface area contributed by atoms with Crippen LogP contribution < -0.4 is 29.6 Å². The van der Waals surface area contributed by atoms with E-state index in [-0.39, 0.29) is 6.03 Å². The summed E-state index contributed by atoms with van der Waals surface area (Å²) < 4.78 is 23.2. The average molecular weight is 777 g/mol. The molecule has 3 aromatic carbocycles. The van der Waals surface area contributed by atoms with Crippen molar-refractivity contribution in [2.24, 2.45) is 0 Å². The number of halogens is 1. The molecule has 51 heavy (non-hydrogen) atoms. The van der Waals surface area contributed by atoms with Gasteiger partial charge in [-0.3, -0.25) is 15.3 Å². The van der Waals surface area contributed by atoms with Crippen LogP contribution in [0.15, 0.2) is 109 Å². The molecule has 11 nitrogen and oxygen atoms in total. The molecule has 0 aliphatic rings. The van der Waals surface area contributed by atoms with Crippen LogP contribution in [0.5, 0.6) is 23.0 Å². The van der Waals surface area contributed by atoms with Gasteiger partial charge in [0.15, 0.2) is 31.7 Å². The molecular formula is C35H29ClN6O5S4. The number of methoxy groups -OCH3 is 4. The predicted molar refractivity (Wildman–Crippen MR) is 206 cm³/mol. The highest BCUT2D eigenvalue weighted by Crippen LogP contribution is 2.41. The monoisotopic (exact) mass is 776 g/mol. The van der Waals surface area contributed by atoms with Crippen LogP contribution in [-0.2, 0) is 0 Å². The number of pyridine rings is 2. The Labute approximate surface area is 314 Å². The van der Waals surface area contributed by atoms with Gasteiger partial charge in [0.2, 0.25) is 0 Å². The largest absolute Gasteiger partial charge is 0.493 e. The number of thiazole rings is 2. The fourth-order valence-electron chi connectivity index (χ4n) is 4.69. The molecule has 0 spiro atoms. The number of anilines is 2. The van der Waals surface area contributed by atoms with Crippen LogP contribution in [0.25, 0.3) is 21.8 Å². The summed E-state index contributed by atoms with van der Waals surface area (Å²) in [5.74, 6) is 2.64. The number of carbonyl (C=O) groups excluding carboxylic acids is 1. The summed E-state index contributed by atoms with van der Waals surface area (Å²) in [4.78, 5) is 31.8. The summed E-state index contributed by atoms with van der Waals surface area (Å²) in [7, 11) is 6.45. The predicted octanol–water partition coefficient (Wildman–Crippen LogP) is 10.0. The normalized spacial score (nSPS) is 10.7. The third kappa shape index (κ3) is 8.93. The molecule has 2 N–H and O–H groups in total. The fraction of sp³-hybridized carbons (Fsp3) is 0.114. The van der Waals surface area contributed by atoms with Crippen LogP contribution in [0.4, 0.5) is 15.5 Å². The van der Waals surface area contributed by atoms with Crippen molar-refractivity contribution < 1.29 is 23.7 Å². The van der Waals surface area contributed by atoms with Crippen molar-refractivity contribution in [1.29, 1.82) is 0 Å². The molecule has 0 unspecified atom stereocenters. The lowest BCUT2D eigenvalue weighted by molar-refractivity contribution is 0.262. The Morgan fingerprint density at radius 3 is 1.75 bits per heavy atom. The first-order chi connectivity index (χ1) is 24.9. The van der Waals surface area contributed by atoms with Crippen molar-refractivity contribution in [3.63, 3.8) is 0 Å². The first kappa shape index (κ1) is 36.0. The topological polar surface area (TPSA) is 130 Å². The van der Waals surface area contributed by atoms with Gasteiger partial charge in [-0.2, -0.15) is 0 Å². The molecule has 16 heteroatoms. The summed E-state index contributed by atoms with van der Waals surface area (Å²) in [6, 6.07) is 18.0. The van der Waals surface area contributed by atoms with Gasteiger partial charge in [0.1, 0.15) is 5.00 Å². The molecule has 0 radical (unpaired) electrons. The second kappa shape index (κ2) is 16.9. The van der Waals surface area contributed by atoms with Crippen LogP contribution in [0.3, 0.4) is 0 Å². The lowest BCUT2D eigenvalue weighted by atomic mass is 10.2. The number of ether oxygens (including phenoxy) is 4. The van der Waals surface area contributed by atoms with Crippen molar-refractivity contribution >= 4 is 96.3 Å². The zero-order chi connectivity index (χ0) is 35.7. The van der Waals surface area contributed by atoms with Gasteiger partial charge in [-0.1, -0.05) is 46.5 Å². The van der Waals surface area contributed by atoms with E-state index in [0.717, 1.165) is 40.3 Å². The molecular weight excluding hydrogens is 748 g/mol. The van der Waals surface area contributed by atoms with Crippen molar-refractivity contribution in [3.05, 3.63) is 95.9 Å². The number of benzene rings is 3. The van der Waals surface area contributed by atoms with E-state index in [4.69, 9.17) is 30.5 Å². The van der Waals surface area contributed by atoms with Gasteiger partial charge in [0, 0.05) is 67.4 Å². The highest BCUT2D eigenvalue weighted by Gasteiger charge is 2.14. The zero-order valence-corrected chi connectivity index (χ0v) is 31.5. The molecule has 7 rings (SSSR count). The Balaban J connectivity index is 0.000000193. The number of carbonyl (C=O) groups is 1. The van der Waals surface area contributed by atoms with Crippen molar-refractivity contribution in [3.8, 4) is 23.0 Å². The molecule has 260 valence electrons. The Morgan fingerprint density at radius 1 is 0.667 bits per heavy atom.